The number of benzene rings is 1. The number of guanidine groups is 1. The van der Waals surface area contributed by atoms with Gasteiger partial charge in [-0.15, -0.1) is 0 Å². The topological polar surface area (TPSA) is 112 Å². The van der Waals surface area contributed by atoms with E-state index in [1.807, 2.05) is 6.92 Å². The van der Waals surface area contributed by atoms with E-state index in [4.69, 9.17) is 4.99 Å². The van der Waals surface area contributed by atoms with Crippen LogP contribution >= 0.6 is 0 Å². The van der Waals surface area contributed by atoms with Gasteiger partial charge in [-0.2, -0.15) is 0 Å². The molecule has 0 saturated heterocycles. The van der Waals surface area contributed by atoms with Gasteiger partial charge in [0.25, 0.3) is 5.69 Å². The number of hydrogen-bond donors (Lipinski definition) is 4. The van der Waals surface area contributed by atoms with Gasteiger partial charge in [0.15, 0.2) is 5.96 Å². The maximum absolute atomic E-state index is 10.7. The zero-order valence-electron chi connectivity index (χ0n) is 16.7. The van der Waals surface area contributed by atoms with Crippen molar-refractivity contribution in [1.29, 1.82) is 0 Å². The fraction of sp³-hybridized carbons (Fsp3) is 0.650. The van der Waals surface area contributed by atoms with E-state index in [0.29, 0.717) is 13.1 Å². The molecule has 0 heterocycles. The molecular formula is C20H33N5O3. The number of nitro groups is 1. The van der Waals surface area contributed by atoms with Gasteiger partial charge in [-0.25, -0.2) is 0 Å². The number of nitrogens with one attached hydrogen (secondary N) is 3. The van der Waals surface area contributed by atoms with Gasteiger partial charge in [0, 0.05) is 50.6 Å². The SMILES string of the molecule is CCNC(=NCC1(CCO)CCCCC1)NCCNc1ccc([N+](=O)[O-])cc1. The highest BCUT2D eigenvalue weighted by Crippen LogP contribution is 2.39. The number of nitro benzene ring substituents is 1. The summed E-state index contributed by atoms with van der Waals surface area (Å²) in [5.41, 5.74) is 1.06. The number of rotatable bonds is 10. The van der Waals surface area contributed by atoms with Crippen LogP contribution in [0.25, 0.3) is 0 Å². The van der Waals surface area contributed by atoms with E-state index in [-0.39, 0.29) is 17.7 Å². The van der Waals surface area contributed by atoms with E-state index in [1.54, 1.807) is 12.1 Å². The Labute approximate surface area is 167 Å². The minimum absolute atomic E-state index is 0.0877. The lowest BCUT2D eigenvalue weighted by Gasteiger charge is -2.35. The first kappa shape index (κ1) is 21.9. The molecule has 0 radical (unpaired) electrons. The lowest BCUT2D eigenvalue weighted by atomic mass is 9.72. The molecule has 156 valence electrons. The summed E-state index contributed by atoms with van der Waals surface area (Å²) in [4.78, 5) is 15.1. The lowest BCUT2D eigenvalue weighted by Crippen LogP contribution is -2.41. The van der Waals surface area contributed by atoms with Crippen molar-refractivity contribution in [2.45, 2.75) is 45.4 Å². The third-order valence-electron chi connectivity index (χ3n) is 5.30. The third kappa shape index (κ3) is 6.99. The quantitative estimate of drug-likeness (QED) is 0.160. The molecule has 0 aliphatic heterocycles. The highest BCUT2D eigenvalue weighted by molar-refractivity contribution is 5.79. The second-order valence-corrected chi connectivity index (χ2v) is 7.39. The predicted octanol–water partition coefficient (Wildman–Crippen LogP) is 2.89. The summed E-state index contributed by atoms with van der Waals surface area (Å²) in [6.07, 6.45) is 6.81. The molecule has 1 aromatic rings. The van der Waals surface area contributed by atoms with Crippen molar-refractivity contribution < 1.29 is 10.0 Å². The Morgan fingerprint density at radius 3 is 2.50 bits per heavy atom. The van der Waals surface area contributed by atoms with Crippen LogP contribution in [-0.2, 0) is 0 Å². The van der Waals surface area contributed by atoms with Crippen molar-refractivity contribution in [3.05, 3.63) is 34.4 Å². The largest absolute Gasteiger partial charge is 0.396 e. The van der Waals surface area contributed by atoms with Gasteiger partial charge in [-0.1, -0.05) is 19.3 Å². The molecule has 1 aromatic carbocycles. The van der Waals surface area contributed by atoms with E-state index in [0.717, 1.165) is 44.0 Å². The molecule has 1 aliphatic rings. The van der Waals surface area contributed by atoms with E-state index in [1.165, 1.54) is 31.4 Å². The molecule has 0 spiro atoms. The van der Waals surface area contributed by atoms with E-state index in [2.05, 4.69) is 16.0 Å². The summed E-state index contributed by atoms with van der Waals surface area (Å²) in [5, 5.41) is 30.0. The van der Waals surface area contributed by atoms with Crippen molar-refractivity contribution in [2.75, 3.05) is 38.1 Å². The Bertz CT molecular complexity index is 622. The molecule has 0 atom stereocenters. The highest BCUT2D eigenvalue weighted by Gasteiger charge is 2.31. The Morgan fingerprint density at radius 1 is 1.18 bits per heavy atom. The zero-order chi connectivity index (χ0) is 20.2. The molecule has 2 rings (SSSR count). The maximum atomic E-state index is 10.7. The van der Waals surface area contributed by atoms with Gasteiger partial charge in [-0.3, -0.25) is 15.1 Å². The minimum Gasteiger partial charge on any atom is -0.396 e. The second kappa shape index (κ2) is 11.5. The molecule has 1 saturated carbocycles. The van der Waals surface area contributed by atoms with Crippen molar-refractivity contribution in [2.24, 2.45) is 10.4 Å². The standard InChI is InChI=1S/C20H33N5O3/c1-2-21-19(24-16-20(12-15-26)10-4-3-5-11-20)23-14-13-22-17-6-8-18(9-7-17)25(27)28/h6-9,22,26H,2-5,10-16H2,1H3,(H2,21,23,24). The molecule has 0 bridgehead atoms. The number of anilines is 1. The van der Waals surface area contributed by atoms with Crippen LogP contribution in [0, 0.1) is 15.5 Å². The van der Waals surface area contributed by atoms with Crippen LogP contribution in [0.5, 0.6) is 0 Å². The van der Waals surface area contributed by atoms with Crippen LogP contribution in [0.2, 0.25) is 0 Å². The van der Waals surface area contributed by atoms with Gasteiger partial charge >= 0.3 is 0 Å². The summed E-state index contributed by atoms with van der Waals surface area (Å²) in [5.74, 6) is 0.788. The number of non-ortho nitro benzene ring substituents is 1. The average molecular weight is 392 g/mol. The van der Waals surface area contributed by atoms with Gasteiger partial charge < -0.3 is 21.1 Å². The Hall–Kier alpha value is -2.35. The van der Waals surface area contributed by atoms with Gasteiger partial charge in [0.2, 0.25) is 0 Å². The third-order valence-corrected chi connectivity index (χ3v) is 5.30. The number of hydrogen-bond acceptors (Lipinski definition) is 5. The average Bonchev–Trinajstić information content (AvgIpc) is 2.70. The monoisotopic (exact) mass is 391 g/mol. The first-order valence-electron chi connectivity index (χ1n) is 10.2. The Morgan fingerprint density at radius 2 is 1.89 bits per heavy atom. The van der Waals surface area contributed by atoms with Crippen LogP contribution in [0.15, 0.2) is 29.3 Å². The van der Waals surface area contributed by atoms with Crippen LogP contribution in [0.4, 0.5) is 11.4 Å². The van der Waals surface area contributed by atoms with Crippen LogP contribution < -0.4 is 16.0 Å². The van der Waals surface area contributed by atoms with Crippen LogP contribution in [0.1, 0.15) is 45.4 Å². The van der Waals surface area contributed by atoms with E-state index >= 15 is 0 Å². The molecule has 1 aliphatic carbocycles. The summed E-state index contributed by atoms with van der Waals surface area (Å²) in [6, 6.07) is 6.40. The zero-order valence-corrected chi connectivity index (χ0v) is 16.7. The van der Waals surface area contributed by atoms with Crippen molar-refractivity contribution in [3.63, 3.8) is 0 Å². The van der Waals surface area contributed by atoms with Gasteiger partial charge in [-0.05, 0) is 43.7 Å². The molecule has 0 aromatic heterocycles. The first-order valence-corrected chi connectivity index (χ1v) is 10.2. The number of aliphatic hydroxyl groups excluding tert-OH is 1. The number of aliphatic imine (C=N–C) groups is 1. The van der Waals surface area contributed by atoms with Crippen molar-refractivity contribution >= 4 is 17.3 Å². The fourth-order valence-electron chi connectivity index (χ4n) is 3.70. The summed E-state index contributed by atoms with van der Waals surface area (Å²) in [7, 11) is 0. The number of aliphatic hydroxyl groups is 1. The lowest BCUT2D eigenvalue weighted by molar-refractivity contribution is -0.384. The molecule has 8 nitrogen and oxygen atoms in total. The van der Waals surface area contributed by atoms with Crippen molar-refractivity contribution in [3.8, 4) is 0 Å². The van der Waals surface area contributed by atoms with Crippen molar-refractivity contribution in [1.82, 2.24) is 10.6 Å². The van der Waals surface area contributed by atoms with Gasteiger partial charge in [0.1, 0.15) is 0 Å². The molecule has 28 heavy (non-hydrogen) atoms. The fourth-order valence-corrected chi connectivity index (χ4v) is 3.70. The molecule has 0 unspecified atom stereocenters. The Balaban J connectivity index is 1.82. The Kier molecular flexibility index (Phi) is 9.00. The summed E-state index contributed by atoms with van der Waals surface area (Å²) in [6.45, 7) is 5.13. The second-order valence-electron chi connectivity index (χ2n) is 7.39. The summed E-state index contributed by atoms with van der Waals surface area (Å²) >= 11 is 0. The van der Waals surface area contributed by atoms with Crippen LogP contribution in [-0.4, -0.2) is 48.8 Å². The minimum atomic E-state index is -0.402. The van der Waals surface area contributed by atoms with Gasteiger partial charge in [0.05, 0.1) is 4.92 Å². The maximum Gasteiger partial charge on any atom is 0.269 e. The highest BCUT2D eigenvalue weighted by atomic mass is 16.6. The number of nitrogens with zero attached hydrogens (tertiary/aromatic N) is 2. The summed E-state index contributed by atoms with van der Waals surface area (Å²) < 4.78 is 0. The normalized spacial score (nSPS) is 16.4. The molecule has 1 fully saturated rings. The first-order chi connectivity index (χ1) is 13.6. The smallest absolute Gasteiger partial charge is 0.269 e. The van der Waals surface area contributed by atoms with E-state index in [9.17, 15) is 15.2 Å². The molecule has 0 amide bonds. The molecule has 8 heteroatoms. The van der Waals surface area contributed by atoms with Crippen LogP contribution in [0.3, 0.4) is 0 Å². The molecule has 4 N–H and O–H groups in total. The van der Waals surface area contributed by atoms with E-state index < -0.39 is 4.92 Å². The molecular weight excluding hydrogens is 358 g/mol. The predicted molar refractivity (Wildman–Crippen MR) is 113 cm³/mol.